The van der Waals surface area contributed by atoms with Crippen molar-refractivity contribution in [2.45, 2.75) is 32.2 Å². The summed E-state index contributed by atoms with van der Waals surface area (Å²) in [5.41, 5.74) is 1.47. The van der Waals surface area contributed by atoms with E-state index in [1.165, 1.54) is 16.5 Å². The molecule has 0 bridgehead atoms. The highest BCUT2D eigenvalue weighted by atomic mass is 79.9. The van der Waals surface area contributed by atoms with Crippen molar-refractivity contribution in [3.05, 3.63) is 34.3 Å². The zero-order valence-corrected chi connectivity index (χ0v) is 10.9. The molecule has 1 aromatic rings. The van der Waals surface area contributed by atoms with Gasteiger partial charge in [0.1, 0.15) is 0 Å². The highest BCUT2D eigenvalue weighted by molar-refractivity contribution is 9.10. The monoisotopic (exact) mass is 267 g/mol. The summed E-state index contributed by atoms with van der Waals surface area (Å²) in [4.78, 5) is 0. The molecule has 1 aliphatic rings. The van der Waals surface area contributed by atoms with Gasteiger partial charge in [-0.05, 0) is 36.4 Å². The van der Waals surface area contributed by atoms with E-state index in [0.717, 1.165) is 18.4 Å². The maximum absolute atomic E-state index is 3.64. The van der Waals surface area contributed by atoms with Gasteiger partial charge in [0.25, 0.3) is 0 Å². The lowest BCUT2D eigenvalue weighted by Crippen LogP contribution is -2.47. The quantitative estimate of drug-likeness (QED) is 0.884. The minimum absolute atomic E-state index is 0.715. The van der Waals surface area contributed by atoms with E-state index in [1.807, 2.05) is 0 Å². The van der Waals surface area contributed by atoms with E-state index >= 15 is 0 Å². The first-order valence-electron chi connectivity index (χ1n) is 5.71. The normalized spacial score (nSPS) is 29.9. The van der Waals surface area contributed by atoms with Gasteiger partial charge in [-0.2, -0.15) is 0 Å². The molecule has 1 fully saturated rings. The first kappa shape index (κ1) is 11.2. The van der Waals surface area contributed by atoms with Crippen molar-refractivity contribution in [2.75, 3.05) is 6.54 Å². The first-order chi connectivity index (χ1) is 7.24. The molecule has 0 radical (unpaired) electrons. The average molecular weight is 268 g/mol. The van der Waals surface area contributed by atoms with Crippen molar-refractivity contribution in [3.63, 3.8) is 0 Å². The van der Waals surface area contributed by atoms with Crippen LogP contribution in [0.25, 0.3) is 0 Å². The molecule has 0 saturated heterocycles. The van der Waals surface area contributed by atoms with Crippen molar-refractivity contribution >= 4 is 15.9 Å². The smallest absolute Gasteiger partial charge is 0.0210 e. The molecule has 0 aliphatic heterocycles. The predicted molar refractivity (Wildman–Crippen MR) is 68.1 cm³/mol. The molecule has 0 amide bonds. The fraction of sp³-hybridized carbons (Fsp3) is 0.538. The van der Waals surface area contributed by atoms with E-state index in [0.29, 0.717) is 6.04 Å². The van der Waals surface area contributed by atoms with Crippen molar-refractivity contribution in [1.82, 2.24) is 5.32 Å². The topological polar surface area (TPSA) is 12.0 Å². The number of nitrogens with one attached hydrogen (secondary N) is 1. The Bertz CT molecular complexity index is 337. The Morgan fingerprint density at radius 3 is 2.73 bits per heavy atom. The zero-order valence-electron chi connectivity index (χ0n) is 9.33. The van der Waals surface area contributed by atoms with Gasteiger partial charge in [0.05, 0.1) is 0 Å². The maximum Gasteiger partial charge on any atom is 0.0210 e. The summed E-state index contributed by atoms with van der Waals surface area (Å²) in [6, 6.07) is 9.31. The van der Waals surface area contributed by atoms with Crippen molar-refractivity contribution in [3.8, 4) is 0 Å². The summed E-state index contributed by atoms with van der Waals surface area (Å²) in [6.07, 6.45) is 1.28. The van der Waals surface area contributed by atoms with Crippen LogP contribution in [-0.4, -0.2) is 12.6 Å². The van der Waals surface area contributed by atoms with Crippen LogP contribution in [0, 0.1) is 5.92 Å². The number of benzene rings is 1. The highest BCUT2D eigenvalue weighted by Crippen LogP contribution is 2.44. The molecule has 0 aromatic heterocycles. The predicted octanol–water partition coefficient (Wildman–Crippen LogP) is 3.55. The van der Waals surface area contributed by atoms with Gasteiger partial charge in [0, 0.05) is 10.5 Å². The van der Waals surface area contributed by atoms with Crippen LogP contribution in [0.4, 0.5) is 0 Å². The summed E-state index contributed by atoms with van der Waals surface area (Å²) >= 11 is 3.64. The number of hydrogen-bond acceptors (Lipinski definition) is 1. The molecule has 1 N–H and O–H groups in total. The third-order valence-electron chi connectivity index (χ3n) is 3.55. The second-order valence-corrected chi connectivity index (χ2v) is 5.24. The fourth-order valence-corrected chi connectivity index (χ4v) is 3.08. The largest absolute Gasteiger partial charge is 0.314 e. The summed E-state index contributed by atoms with van der Waals surface area (Å²) in [5.74, 6) is 1.48. The number of hydrogen-bond donors (Lipinski definition) is 1. The molecule has 1 nitrogen and oxygen atoms in total. The molecule has 2 rings (SSSR count). The molecule has 1 aliphatic carbocycles. The van der Waals surface area contributed by atoms with Crippen LogP contribution >= 0.6 is 15.9 Å². The highest BCUT2D eigenvalue weighted by Gasteiger charge is 2.38. The number of rotatable bonds is 3. The van der Waals surface area contributed by atoms with Gasteiger partial charge in [-0.1, -0.05) is 48.0 Å². The summed E-state index contributed by atoms with van der Waals surface area (Å²) in [7, 11) is 0. The third kappa shape index (κ3) is 2.11. The molecule has 15 heavy (non-hydrogen) atoms. The van der Waals surface area contributed by atoms with Crippen molar-refractivity contribution in [1.29, 1.82) is 0 Å². The van der Waals surface area contributed by atoms with Gasteiger partial charge in [-0.3, -0.25) is 0 Å². The maximum atomic E-state index is 3.64. The van der Waals surface area contributed by atoms with Crippen LogP contribution < -0.4 is 5.32 Å². The molecular weight excluding hydrogens is 250 g/mol. The Labute approximate surface area is 100 Å². The van der Waals surface area contributed by atoms with Gasteiger partial charge < -0.3 is 5.32 Å². The van der Waals surface area contributed by atoms with E-state index in [-0.39, 0.29) is 0 Å². The van der Waals surface area contributed by atoms with Crippen LogP contribution in [0.3, 0.4) is 0 Å². The lowest BCUT2D eigenvalue weighted by molar-refractivity contribution is 0.186. The van der Waals surface area contributed by atoms with Gasteiger partial charge in [0.2, 0.25) is 0 Å². The molecule has 3 atom stereocenters. The fourth-order valence-electron chi connectivity index (χ4n) is 2.50. The molecule has 3 unspecified atom stereocenters. The van der Waals surface area contributed by atoms with Gasteiger partial charge in [-0.15, -0.1) is 0 Å². The van der Waals surface area contributed by atoms with Crippen molar-refractivity contribution in [2.24, 2.45) is 5.92 Å². The second kappa shape index (κ2) is 4.67. The van der Waals surface area contributed by atoms with Gasteiger partial charge >= 0.3 is 0 Å². The lowest BCUT2D eigenvalue weighted by atomic mass is 9.67. The summed E-state index contributed by atoms with van der Waals surface area (Å²) < 4.78 is 1.26. The van der Waals surface area contributed by atoms with Gasteiger partial charge in [0.15, 0.2) is 0 Å². The molecule has 82 valence electrons. The van der Waals surface area contributed by atoms with Crippen LogP contribution in [0.5, 0.6) is 0 Å². The Morgan fingerprint density at radius 2 is 2.13 bits per heavy atom. The van der Waals surface area contributed by atoms with Crippen LogP contribution in [-0.2, 0) is 0 Å². The van der Waals surface area contributed by atoms with Crippen LogP contribution in [0.2, 0.25) is 0 Å². The SMILES string of the molecule is CCNC1CC(c2ccccc2Br)C1C. The first-order valence-corrected chi connectivity index (χ1v) is 6.51. The van der Waals surface area contributed by atoms with E-state index in [2.05, 4.69) is 59.4 Å². The standard InChI is InChI=1S/C13H18BrN/c1-3-15-13-8-11(9(13)2)10-6-4-5-7-12(10)14/h4-7,9,11,13,15H,3,8H2,1-2H3. The molecule has 2 heteroatoms. The Morgan fingerprint density at radius 1 is 1.40 bits per heavy atom. The Kier molecular flexibility index (Phi) is 3.47. The zero-order chi connectivity index (χ0) is 10.8. The van der Waals surface area contributed by atoms with E-state index in [1.54, 1.807) is 0 Å². The molecule has 0 spiro atoms. The third-order valence-corrected chi connectivity index (χ3v) is 4.27. The second-order valence-electron chi connectivity index (χ2n) is 4.39. The average Bonchev–Trinajstić information content (AvgIpc) is 2.25. The molecule has 0 heterocycles. The van der Waals surface area contributed by atoms with E-state index in [9.17, 15) is 0 Å². The molecule has 1 saturated carbocycles. The van der Waals surface area contributed by atoms with Crippen molar-refractivity contribution < 1.29 is 0 Å². The molecular formula is C13H18BrN. The lowest BCUT2D eigenvalue weighted by Gasteiger charge is -2.44. The minimum atomic E-state index is 0.715. The van der Waals surface area contributed by atoms with Gasteiger partial charge in [-0.25, -0.2) is 0 Å². The Balaban J connectivity index is 2.06. The van der Waals surface area contributed by atoms with Crippen LogP contribution in [0.1, 0.15) is 31.7 Å². The minimum Gasteiger partial charge on any atom is -0.314 e. The van der Waals surface area contributed by atoms with E-state index < -0.39 is 0 Å². The van der Waals surface area contributed by atoms with Crippen LogP contribution in [0.15, 0.2) is 28.7 Å². The summed E-state index contributed by atoms with van der Waals surface area (Å²) in [6.45, 7) is 5.61. The van der Waals surface area contributed by atoms with E-state index in [4.69, 9.17) is 0 Å². The molecule has 1 aromatic carbocycles. The summed E-state index contributed by atoms with van der Waals surface area (Å²) in [5, 5.41) is 3.54. The number of halogens is 1. The Hall–Kier alpha value is -0.340.